The smallest absolute Gasteiger partial charge is 0.316 e. The van der Waals surface area contributed by atoms with Gasteiger partial charge in [-0.3, -0.25) is 19.2 Å². The number of carbonyl (C=O) groups excluding carboxylic acids is 4. The molecule has 0 N–H and O–H groups in total. The van der Waals surface area contributed by atoms with E-state index in [0.29, 0.717) is 23.5 Å². The number of amides is 3. The van der Waals surface area contributed by atoms with Gasteiger partial charge in [0.15, 0.2) is 0 Å². The Morgan fingerprint density at radius 1 is 0.971 bits per heavy atom. The Morgan fingerprint density at radius 2 is 1.74 bits per heavy atom. The molecule has 1 aliphatic carbocycles. The van der Waals surface area contributed by atoms with Gasteiger partial charge in [0.05, 0.1) is 30.6 Å². The number of nitrogens with zero attached hydrogens (tertiary/aromatic N) is 2. The molecule has 0 unspecified atom stereocenters. The van der Waals surface area contributed by atoms with E-state index in [1.165, 1.54) is 11.0 Å². The topological polar surface area (TPSA) is 93.2 Å². The zero-order valence-corrected chi connectivity index (χ0v) is 19.5. The molecule has 2 heterocycles. The van der Waals surface area contributed by atoms with Crippen molar-refractivity contribution >= 4 is 35.1 Å². The van der Waals surface area contributed by atoms with Crippen molar-refractivity contribution in [3.05, 3.63) is 60.7 Å². The maximum absolute atomic E-state index is 13.1. The normalized spacial score (nSPS) is 25.7. The first-order chi connectivity index (χ1) is 16.9. The number of anilines is 2. The third-order valence-corrected chi connectivity index (χ3v) is 7.01. The Hall–Kier alpha value is -3.94. The van der Waals surface area contributed by atoms with Gasteiger partial charge in [-0.1, -0.05) is 25.1 Å². The zero-order chi connectivity index (χ0) is 24.7. The van der Waals surface area contributed by atoms with Gasteiger partial charge in [-0.2, -0.15) is 0 Å². The van der Waals surface area contributed by atoms with Crippen molar-refractivity contribution in [2.24, 2.45) is 23.7 Å². The van der Waals surface area contributed by atoms with Crippen LogP contribution in [0.2, 0.25) is 0 Å². The number of allylic oxidation sites excluding steroid dienone is 2. The molecule has 2 fully saturated rings. The lowest BCUT2D eigenvalue weighted by molar-refractivity contribution is -0.139. The Bertz CT molecular complexity index is 1220. The van der Waals surface area contributed by atoms with E-state index in [1.54, 1.807) is 54.5 Å². The molecule has 4 atom stereocenters. The van der Waals surface area contributed by atoms with Gasteiger partial charge in [0.1, 0.15) is 11.5 Å². The number of rotatable bonds is 5. The molecule has 2 aromatic carbocycles. The van der Waals surface area contributed by atoms with Crippen LogP contribution in [0, 0.1) is 23.7 Å². The summed E-state index contributed by atoms with van der Waals surface area (Å²) in [6, 6.07) is 13.5. The van der Waals surface area contributed by atoms with Crippen LogP contribution in [0.1, 0.15) is 19.8 Å². The number of hydrogen-bond acceptors (Lipinski definition) is 6. The van der Waals surface area contributed by atoms with E-state index in [-0.39, 0.29) is 54.2 Å². The zero-order valence-electron chi connectivity index (χ0n) is 19.5. The molecule has 0 spiro atoms. The molecular weight excluding hydrogens is 448 g/mol. The summed E-state index contributed by atoms with van der Waals surface area (Å²) in [4.78, 5) is 54.2. The van der Waals surface area contributed by atoms with Crippen molar-refractivity contribution in [1.82, 2.24) is 0 Å². The van der Waals surface area contributed by atoms with Gasteiger partial charge >= 0.3 is 5.97 Å². The van der Waals surface area contributed by atoms with Gasteiger partial charge in [-0.05, 0) is 48.7 Å². The minimum absolute atomic E-state index is 0.00948. The van der Waals surface area contributed by atoms with Crippen LogP contribution in [-0.4, -0.2) is 37.3 Å². The lowest BCUT2D eigenvalue weighted by Crippen LogP contribution is -2.31. The van der Waals surface area contributed by atoms with Crippen LogP contribution in [0.15, 0.2) is 60.7 Å². The number of fused-ring (bicyclic) bond motifs is 1. The van der Waals surface area contributed by atoms with Crippen LogP contribution in [-0.2, 0) is 19.2 Å². The van der Waals surface area contributed by atoms with Gasteiger partial charge in [0.25, 0.3) is 0 Å². The maximum atomic E-state index is 13.1. The number of hydrogen-bond donors (Lipinski definition) is 0. The summed E-state index contributed by atoms with van der Waals surface area (Å²) < 4.78 is 10.7. The molecule has 2 aliphatic heterocycles. The van der Waals surface area contributed by atoms with Gasteiger partial charge in [-0.15, -0.1) is 0 Å². The van der Waals surface area contributed by atoms with E-state index in [1.807, 2.05) is 19.1 Å². The minimum atomic E-state index is -0.627. The molecule has 0 aromatic heterocycles. The van der Waals surface area contributed by atoms with Crippen molar-refractivity contribution in [1.29, 1.82) is 0 Å². The van der Waals surface area contributed by atoms with Crippen LogP contribution in [0.4, 0.5) is 11.4 Å². The molecule has 2 saturated heterocycles. The summed E-state index contributed by atoms with van der Waals surface area (Å²) in [6.45, 7) is 2.15. The first-order valence-electron chi connectivity index (χ1n) is 11.7. The second kappa shape index (κ2) is 9.02. The second-order valence-corrected chi connectivity index (χ2v) is 9.19. The fourth-order valence-electron chi connectivity index (χ4n) is 5.16. The van der Waals surface area contributed by atoms with Crippen molar-refractivity contribution < 1.29 is 28.7 Å². The highest BCUT2D eigenvalue weighted by molar-refractivity contribution is 6.22. The lowest BCUT2D eigenvalue weighted by Gasteiger charge is -2.22. The summed E-state index contributed by atoms with van der Waals surface area (Å²) >= 11 is 0. The van der Waals surface area contributed by atoms with E-state index in [9.17, 15) is 19.2 Å². The van der Waals surface area contributed by atoms with Crippen LogP contribution in [0.5, 0.6) is 11.5 Å². The summed E-state index contributed by atoms with van der Waals surface area (Å²) in [5.41, 5.74) is 1.07. The largest absolute Gasteiger partial charge is 0.497 e. The van der Waals surface area contributed by atoms with Gasteiger partial charge in [0.2, 0.25) is 17.7 Å². The highest BCUT2D eigenvalue weighted by Crippen LogP contribution is 2.41. The first kappa shape index (κ1) is 22.8. The monoisotopic (exact) mass is 474 g/mol. The van der Waals surface area contributed by atoms with Crippen molar-refractivity contribution in [2.75, 3.05) is 23.5 Å². The van der Waals surface area contributed by atoms with Crippen LogP contribution in [0.25, 0.3) is 0 Å². The molecule has 2 aromatic rings. The van der Waals surface area contributed by atoms with Crippen molar-refractivity contribution in [3.8, 4) is 11.5 Å². The van der Waals surface area contributed by atoms with Gasteiger partial charge in [0, 0.05) is 24.7 Å². The van der Waals surface area contributed by atoms with E-state index < -0.39 is 11.9 Å². The van der Waals surface area contributed by atoms with Crippen LogP contribution >= 0.6 is 0 Å². The Kier molecular flexibility index (Phi) is 5.88. The average molecular weight is 475 g/mol. The third-order valence-electron chi connectivity index (χ3n) is 7.01. The number of methoxy groups -OCH3 is 1. The maximum Gasteiger partial charge on any atom is 0.316 e. The Morgan fingerprint density at radius 3 is 2.46 bits per heavy atom. The quantitative estimate of drug-likeness (QED) is 0.286. The molecule has 35 heavy (non-hydrogen) atoms. The van der Waals surface area contributed by atoms with E-state index in [0.717, 1.165) is 0 Å². The number of carbonyl (C=O) groups is 4. The molecule has 3 amide bonds. The summed E-state index contributed by atoms with van der Waals surface area (Å²) in [5, 5.41) is 0. The molecule has 5 rings (SSSR count). The molecule has 8 heteroatoms. The average Bonchev–Trinajstić information content (AvgIpc) is 3.37. The molecule has 8 nitrogen and oxygen atoms in total. The highest BCUT2D eigenvalue weighted by atomic mass is 16.5. The Labute approximate surface area is 203 Å². The second-order valence-electron chi connectivity index (χ2n) is 9.19. The molecule has 180 valence electrons. The Balaban J connectivity index is 1.28. The van der Waals surface area contributed by atoms with E-state index in [4.69, 9.17) is 9.47 Å². The molecular formula is C27H26N2O6. The number of benzene rings is 2. The van der Waals surface area contributed by atoms with E-state index in [2.05, 4.69) is 0 Å². The molecule has 0 bridgehead atoms. The fourth-order valence-corrected chi connectivity index (χ4v) is 5.16. The summed E-state index contributed by atoms with van der Waals surface area (Å²) in [7, 11) is 1.57. The third kappa shape index (κ3) is 4.09. The standard InChI is InChI=1S/C27H26N2O6/c1-16-5-3-8-22-24(16)26(32)29(25(22)31)19-6-4-7-21(14-19)35-27(33)17-13-23(30)28(15-17)18-9-11-20(34-2)12-10-18/h3-7,9-12,14,16-17,22,24H,8,13,15H2,1-2H3/t16-,17+,22+,24-/m0/s1. The SMILES string of the molecule is COc1ccc(N2C[C@H](C(=O)Oc3cccc(N4C(=O)[C@H]5[C@@H](C)C=CC[C@H]5C4=O)c3)CC2=O)cc1. The number of imide groups is 1. The van der Waals surface area contributed by atoms with E-state index >= 15 is 0 Å². The lowest BCUT2D eigenvalue weighted by atomic mass is 9.78. The number of ether oxygens (including phenoxy) is 2. The predicted octanol–water partition coefficient (Wildman–Crippen LogP) is 3.36. The molecule has 0 radical (unpaired) electrons. The van der Waals surface area contributed by atoms with Crippen molar-refractivity contribution in [2.45, 2.75) is 19.8 Å². The minimum Gasteiger partial charge on any atom is -0.497 e. The molecule has 0 saturated carbocycles. The predicted molar refractivity (Wildman–Crippen MR) is 128 cm³/mol. The summed E-state index contributed by atoms with van der Waals surface area (Å²) in [5.74, 6) is -1.60. The van der Waals surface area contributed by atoms with Crippen molar-refractivity contribution in [3.63, 3.8) is 0 Å². The summed E-state index contributed by atoms with van der Waals surface area (Å²) in [6.07, 6.45) is 4.52. The highest BCUT2D eigenvalue weighted by Gasteiger charge is 2.50. The fraction of sp³-hybridized carbons (Fsp3) is 0.333. The number of esters is 1. The van der Waals surface area contributed by atoms with Crippen LogP contribution in [0.3, 0.4) is 0 Å². The van der Waals surface area contributed by atoms with Gasteiger partial charge < -0.3 is 14.4 Å². The van der Waals surface area contributed by atoms with Crippen LogP contribution < -0.4 is 19.3 Å². The first-order valence-corrected chi connectivity index (χ1v) is 11.7. The molecule has 3 aliphatic rings. The van der Waals surface area contributed by atoms with Gasteiger partial charge in [-0.25, -0.2) is 4.90 Å².